The molecule has 0 unspecified atom stereocenters. The first-order valence-electron chi connectivity index (χ1n) is 21.0. The van der Waals surface area contributed by atoms with Crippen LogP contribution in [0.1, 0.15) is 22.3 Å². The largest absolute Gasteiger partial charge is 0.457 e. The van der Waals surface area contributed by atoms with Crippen molar-refractivity contribution >= 4 is 0 Å². The molecule has 12 rings (SSSR count). The molecule has 290 valence electrons. The quantitative estimate of drug-likeness (QED) is 0.168. The molecule has 0 amide bonds. The molecule has 1 aliphatic carbocycles. The van der Waals surface area contributed by atoms with Gasteiger partial charge in [0.1, 0.15) is 11.5 Å². The molecule has 1 aliphatic heterocycles. The Morgan fingerprint density at radius 3 is 1.45 bits per heavy atom. The van der Waals surface area contributed by atoms with Crippen molar-refractivity contribution in [1.29, 1.82) is 0 Å². The van der Waals surface area contributed by atoms with E-state index in [4.69, 9.17) is 14.7 Å². The standard InChI is InChI=1S/C58H37N3O/c1-3-14-38(15-4-1)39-25-27-41(28-26-39)54-37-53(40-16-5-2-6-17-40)60-57(61-54)45-30-32-47-46-31-29-43(42-18-13-19-44(34-42)52-22-11-12-33-59-52)35-50(46)58(51(47)36-45)48-20-7-9-23-55(48)62-56-24-10-8-21-49(56)58/h1-37H. The van der Waals surface area contributed by atoms with Crippen LogP contribution in [0.3, 0.4) is 0 Å². The number of rotatable bonds is 6. The van der Waals surface area contributed by atoms with E-state index in [1.807, 2.05) is 30.5 Å². The van der Waals surface area contributed by atoms with Crippen molar-refractivity contribution < 1.29 is 4.74 Å². The summed E-state index contributed by atoms with van der Waals surface area (Å²) in [5.74, 6) is 2.37. The van der Waals surface area contributed by atoms with Gasteiger partial charge in [-0.3, -0.25) is 4.98 Å². The van der Waals surface area contributed by atoms with Crippen molar-refractivity contribution in [2.45, 2.75) is 5.41 Å². The molecule has 10 aromatic rings. The van der Waals surface area contributed by atoms with Gasteiger partial charge in [-0.25, -0.2) is 9.97 Å². The second-order valence-electron chi connectivity index (χ2n) is 15.9. The maximum absolute atomic E-state index is 6.72. The Hall–Kier alpha value is -8.21. The molecule has 8 aromatic carbocycles. The van der Waals surface area contributed by atoms with Gasteiger partial charge in [0.2, 0.25) is 0 Å². The van der Waals surface area contributed by atoms with Crippen LogP contribution in [0.4, 0.5) is 0 Å². The minimum Gasteiger partial charge on any atom is -0.457 e. The van der Waals surface area contributed by atoms with Gasteiger partial charge in [0.05, 0.1) is 22.5 Å². The first-order valence-corrected chi connectivity index (χ1v) is 21.0. The Morgan fingerprint density at radius 1 is 0.306 bits per heavy atom. The van der Waals surface area contributed by atoms with Crippen molar-refractivity contribution in [3.63, 3.8) is 0 Å². The number of nitrogens with zero attached hydrogens (tertiary/aromatic N) is 3. The normalized spacial score (nSPS) is 12.8. The van der Waals surface area contributed by atoms with Crippen LogP contribution in [-0.2, 0) is 5.41 Å². The van der Waals surface area contributed by atoms with Crippen LogP contribution in [0.25, 0.3) is 78.5 Å². The van der Waals surface area contributed by atoms with Crippen LogP contribution in [0, 0.1) is 0 Å². The number of fused-ring (bicyclic) bond motifs is 9. The summed E-state index contributed by atoms with van der Waals surface area (Å²) in [5, 5.41) is 0. The Balaban J connectivity index is 1.06. The van der Waals surface area contributed by atoms with E-state index in [1.165, 1.54) is 27.8 Å². The maximum Gasteiger partial charge on any atom is 0.160 e. The summed E-state index contributed by atoms with van der Waals surface area (Å²) in [5.41, 5.74) is 17.7. The fraction of sp³-hybridized carbons (Fsp3) is 0.0172. The van der Waals surface area contributed by atoms with E-state index in [9.17, 15) is 0 Å². The third-order valence-electron chi connectivity index (χ3n) is 12.4. The van der Waals surface area contributed by atoms with Crippen LogP contribution < -0.4 is 4.74 Å². The average Bonchev–Trinajstić information content (AvgIpc) is 3.64. The molecule has 0 saturated carbocycles. The van der Waals surface area contributed by atoms with Crippen molar-refractivity contribution in [2.75, 3.05) is 0 Å². The van der Waals surface area contributed by atoms with Gasteiger partial charge in [0.15, 0.2) is 5.82 Å². The molecule has 62 heavy (non-hydrogen) atoms. The predicted octanol–water partition coefficient (Wildman–Crippen LogP) is 14.3. The SMILES string of the molecule is c1ccc(-c2ccc(-c3cc(-c4ccccc4)nc(-c4ccc5c(c4)C4(c6ccccc6Oc6ccccc64)c4cc(-c6cccc(-c7ccccn7)c6)ccc4-5)n3)cc2)cc1. The van der Waals surface area contributed by atoms with Crippen LogP contribution in [0.2, 0.25) is 0 Å². The monoisotopic (exact) mass is 791 g/mol. The number of hydrogen-bond donors (Lipinski definition) is 0. The molecule has 1 spiro atoms. The van der Waals surface area contributed by atoms with Crippen LogP contribution in [-0.4, -0.2) is 15.0 Å². The Morgan fingerprint density at radius 2 is 0.790 bits per heavy atom. The smallest absolute Gasteiger partial charge is 0.160 e. The van der Waals surface area contributed by atoms with Gasteiger partial charge in [-0.1, -0.05) is 170 Å². The van der Waals surface area contributed by atoms with Gasteiger partial charge in [-0.15, -0.1) is 0 Å². The lowest BCUT2D eigenvalue weighted by Crippen LogP contribution is -2.32. The summed E-state index contributed by atoms with van der Waals surface area (Å²) in [6.45, 7) is 0. The predicted molar refractivity (Wildman–Crippen MR) is 250 cm³/mol. The molecule has 4 heteroatoms. The van der Waals surface area contributed by atoms with Gasteiger partial charge >= 0.3 is 0 Å². The van der Waals surface area contributed by atoms with E-state index < -0.39 is 5.41 Å². The zero-order valence-electron chi connectivity index (χ0n) is 33.6. The summed E-state index contributed by atoms with van der Waals surface area (Å²) >= 11 is 0. The fourth-order valence-electron chi connectivity index (χ4n) is 9.55. The molecule has 0 bridgehead atoms. The average molecular weight is 792 g/mol. The summed E-state index contributed by atoms with van der Waals surface area (Å²) in [6.07, 6.45) is 1.85. The Labute approximate surface area is 360 Å². The lowest BCUT2D eigenvalue weighted by Gasteiger charge is -2.39. The van der Waals surface area contributed by atoms with Gasteiger partial charge in [0, 0.05) is 39.6 Å². The molecule has 0 fully saturated rings. The summed E-state index contributed by atoms with van der Waals surface area (Å²) < 4.78 is 6.72. The highest BCUT2D eigenvalue weighted by Crippen LogP contribution is 2.62. The van der Waals surface area contributed by atoms with Crippen molar-refractivity contribution in [1.82, 2.24) is 15.0 Å². The second-order valence-corrected chi connectivity index (χ2v) is 15.9. The second kappa shape index (κ2) is 14.5. The molecule has 3 heterocycles. The highest BCUT2D eigenvalue weighted by atomic mass is 16.5. The molecule has 0 radical (unpaired) electrons. The van der Waals surface area contributed by atoms with E-state index in [2.05, 4.69) is 199 Å². The Kier molecular flexibility index (Phi) is 8.36. The van der Waals surface area contributed by atoms with E-state index in [1.54, 1.807) is 0 Å². The zero-order valence-corrected chi connectivity index (χ0v) is 33.6. The molecule has 2 aliphatic rings. The first-order chi connectivity index (χ1) is 30.7. The van der Waals surface area contributed by atoms with E-state index >= 15 is 0 Å². The highest BCUT2D eigenvalue weighted by Gasteiger charge is 2.51. The van der Waals surface area contributed by atoms with E-state index in [0.717, 1.165) is 78.7 Å². The molecule has 2 aromatic heterocycles. The highest BCUT2D eigenvalue weighted by molar-refractivity contribution is 5.92. The zero-order chi connectivity index (χ0) is 41.0. The maximum atomic E-state index is 6.72. The van der Waals surface area contributed by atoms with Gasteiger partial charge in [-0.2, -0.15) is 0 Å². The summed E-state index contributed by atoms with van der Waals surface area (Å²) in [4.78, 5) is 15.3. The molecular formula is C58H37N3O. The van der Waals surface area contributed by atoms with Crippen LogP contribution in [0.5, 0.6) is 11.5 Å². The van der Waals surface area contributed by atoms with Gasteiger partial charge < -0.3 is 4.74 Å². The molecule has 4 nitrogen and oxygen atoms in total. The number of hydrogen-bond acceptors (Lipinski definition) is 4. The lowest BCUT2D eigenvalue weighted by atomic mass is 9.65. The molecule has 0 N–H and O–H groups in total. The number of pyridine rings is 1. The van der Waals surface area contributed by atoms with Crippen LogP contribution in [0.15, 0.2) is 225 Å². The molecule has 0 atom stereocenters. The van der Waals surface area contributed by atoms with Gasteiger partial charge in [0.25, 0.3) is 0 Å². The Bertz CT molecular complexity index is 3260. The third kappa shape index (κ3) is 5.80. The van der Waals surface area contributed by atoms with Gasteiger partial charge in [-0.05, 0) is 93.0 Å². The molecule has 0 saturated heterocycles. The topological polar surface area (TPSA) is 47.9 Å². The van der Waals surface area contributed by atoms with Crippen molar-refractivity contribution in [2.24, 2.45) is 0 Å². The van der Waals surface area contributed by atoms with Crippen molar-refractivity contribution in [3.8, 4) is 90.0 Å². The first kappa shape index (κ1) is 35.7. The third-order valence-corrected chi connectivity index (χ3v) is 12.4. The van der Waals surface area contributed by atoms with E-state index in [-0.39, 0.29) is 0 Å². The summed E-state index contributed by atoms with van der Waals surface area (Å²) in [6, 6.07) is 77.2. The molecular weight excluding hydrogens is 755 g/mol. The fourth-order valence-corrected chi connectivity index (χ4v) is 9.55. The number of aromatic nitrogens is 3. The van der Waals surface area contributed by atoms with E-state index in [0.29, 0.717) is 5.82 Å². The minimum absolute atomic E-state index is 0.669. The number of para-hydroxylation sites is 2. The van der Waals surface area contributed by atoms with Crippen molar-refractivity contribution in [3.05, 3.63) is 247 Å². The van der Waals surface area contributed by atoms with Crippen LogP contribution >= 0.6 is 0 Å². The number of ether oxygens (including phenoxy) is 1. The number of benzene rings is 8. The summed E-state index contributed by atoms with van der Waals surface area (Å²) in [7, 11) is 0. The minimum atomic E-state index is -0.687. The lowest BCUT2D eigenvalue weighted by molar-refractivity contribution is 0.436.